The second-order valence-electron chi connectivity index (χ2n) is 14.4. The fourth-order valence-corrected chi connectivity index (χ4v) is 7.09. The van der Waals surface area contributed by atoms with Crippen LogP contribution in [0.4, 0.5) is 0 Å². The van der Waals surface area contributed by atoms with E-state index in [0.717, 1.165) is 59.3 Å². The predicted octanol–water partition coefficient (Wildman–Crippen LogP) is 9.06. The van der Waals surface area contributed by atoms with Crippen LogP contribution in [0.1, 0.15) is 128 Å². The molecule has 4 rings (SSSR count). The van der Waals surface area contributed by atoms with Gasteiger partial charge in [-0.2, -0.15) is 0 Å². The second kappa shape index (κ2) is 23.1. The van der Waals surface area contributed by atoms with Crippen LogP contribution in [0.25, 0.3) is 0 Å². The topological polar surface area (TPSA) is 93.1 Å². The van der Waals surface area contributed by atoms with E-state index in [4.69, 9.17) is 0 Å². The number of aliphatic hydroxyl groups excluding tert-OH is 2. The highest BCUT2D eigenvalue weighted by Gasteiger charge is 2.21. The summed E-state index contributed by atoms with van der Waals surface area (Å²) >= 11 is 0. The Balaban J connectivity index is 0.000000501. The van der Waals surface area contributed by atoms with Crippen molar-refractivity contribution in [2.45, 2.75) is 132 Å². The standard InChI is InChI=1S/2C22H31NO2.2CH4/c2*1-16(2)23(17(3)4)13-12-20(19-8-6-5-7-9-19)21-14-18(15-24)10-11-22(21)25;;/h2*5-11,14,16-17,20,24-25H,12-13,15H2,1-4H3;2*1H4/p-2/t2*20-;;/m10../s1. The molecule has 2 N–H and O–H groups in total. The molecule has 52 heavy (non-hydrogen) atoms. The largest absolute Gasteiger partial charge is 0.872 e. The lowest BCUT2D eigenvalue weighted by Crippen LogP contribution is -2.38. The summed E-state index contributed by atoms with van der Waals surface area (Å²) in [5.74, 6) is 0.179. The molecule has 0 aliphatic heterocycles. The van der Waals surface area contributed by atoms with E-state index in [1.165, 1.54) is 0 Å². The molecule has 0 heterocycles. The minimum Gasteiger partial charge on any atom is -0.872 e. The summed E-state index contributed by atoms with van der Waals surface area (Å²) in [7, 11) is 0. The van der Waals surface area contributed by atoms with Gasteiger partial charge in [0.25, 0.3) is 0 Å². The lowest BCUT2D eigenvalue weighted by molar-refractivity contribution is -0.270. The molecular weight excluding hydrogens is 645 g/mol. The van der Waals surface area contributed by atoms with Crippen LogP contribution in [0.5, 0.6) is 11.5 Å². The van der Waals surface area contributed by atoms with Gasteiger partial charge < -0.3 is 20.4 Å². The van der Waals surface area contributed by atoms with Gasteiger partial charge in [-0.1, -0.05) is 112 Å². The number of rotatable bonds is 16. The van der Waals surface area contributed by atoms with E-state index in [0.29, 0.717) is 24.2 Å². The molecule has 0 aliphatic carbocycles. The molecule has 0 saturated carbocycles. The maximum Gasteiger partial charge on any atom is 0.0681 e. The average Bonchev–Trinajstić information content (AvgIpc) is 3.10. The molecule has 4 aromatic rings. The molecule has 0 amide bonds. The zero-order valence-corrected chi connectivity index (χ0v) is 31.5. The van der Waals surface area contributed by atoms with Gasteiger partial charge >= 0.3 is 0 Å². The third kappa shape index (κ3) is 13.4. The number of benzene rings is 4. The zero-order chi connectivity index (χ0) is 36.8. The summed E-state index contributed by atoms with van der Waals surface area (Å²) in [5.41, 5.74) is 5.46. The van der Waals surface area contributed by atoms with Crippen LogP contribution >= 0.6 is 0 Å². The monoisotopic (exact) mass is 713 g/mol. The molecule has 6 nitrogen and oxygen atoms in total. The van der Waals surface area contributed by atoms with Gasteiger partial charge in [0, 0.05) is 36.0 Å². The number of aliphatic hydroxyl groups is 2. The smallest absolute Gasteiger partial charge is 0.0681 e. The third-order valence-corrected chi connectivity index (χ3v) is 9.67. The van der Waals surface area contributed by atoms with Crippen LogP contribution in [-0.4, -0.2) is 57.3 Å². The molecule has 2 atom stereocenters. The van der Waals surface area contributed by atoms with Gasteiger partial charge in [-0.3, -0.25) is 9.80 Å². The molecule has 4 aromatic carbocycles. The van der Waals surface area contributed by atoms with Crippen LogP contribution in [-0.2, 0) is 13.2 Å². The van der Waals surface area contributed by atoms with Gasteiger partial charge in [-0.25, -0.2) is 0 Å². The molecular formula is C46H68N2O4-2. The Morgan fingerprint density at radius 1 is 0.481 bits per heavy atom. The van der Waals surface area contributed by atoms with Crippen molar-refractivity contribution in [3.63, 3.8) is 0 Å². The maximum atomic E-state index is 12.5. The lowest BCUT2D eigenvalue weighted by atomic mass is 9.86. The highest BCUT2D eigenvalue weighted by Crippen LogP contribution is 2.35. The Morgan fingerprint density at radius 2 is 0.788 bits per heavy atom. The van der Waals surface area contributed by atoms with E-state index in [1.807, 2.05) is 48.5 Å². The number of hydrogen-bond acceptors (Lipinski definition) is 6. The summed E-state index contributed by atoms with van der Waals surface area (Å²) < 4.78 is 0. The Labute approximate surface area is 316 Å². The van der Waals surface area contributed by atoms with Crippen LogP contribution in [0.2, 0.25) is 0 Å². The summed E-state index contributed by atoms with van der Waals surface area (Å²) in [6.45, 7) is 19.5. The molecule has 0 saturated heterocycles. The molecule has 288 valence electrons. The van der Waals surface area contributed by atoms with Crippen molar-refractivity contribution in [1.82, 2.24) is 9.80 Å². The van der Waals surface area contributed by atoms with Crippen molar-refractivity contribution >= 4 is 0 Å². The van der Waals surface area contributed by atoms with Gasteiger partial charge in [0.2, 0.25) is 0 Å². The third-order valence-electron chi connectivity index (χ3n) is 9.67. The summed E-state index contributed by atoms with van der Waals surface area (Å²) in [4.78, 5) is 4.91. The summed E-state index contributed by atoms with van der Waals surface area (Å²) in [6.07, 6.45) is 1.76. The first-order chi connectivity index (χ1) is 23.9. The van der Waals surface area contributed by atoms with Crippen molar-refractivity contribution in [3.8, 4) is 11.5 Å². The van der Waals surface area contributed by atoms with Crippen molar-refractivity contribution in [1.29, 1.82) is 0 Å². The molecule has 0 fully saturated rings. The van der Waals surface area contributed by atoms with Crippen LogP contribution < -0.4 is 10.2 Å². The highest BCUT2D eigenvalue weighted by atomic mass is 16.3. The van der Waals surface area contributed by atoms with Crippen molar-refractivity contribution in [3.05, 3.63) is 130 Å². The molecule has 0 unspecified atom stereocenters. The summed E-state index contributed by atoms with van der Waals surface area (Å²) in [5, 5.41) is 44.0. The number of hydrogen-bond donors (Lipinski definition) is 2. The van der Waals surface area contributed by atoms with Crippen LogP contribution in [0.3, 0.4) is 0 Å². The van der Waals surface area contributed by atoms with E-state index < -0.39 is 0 Å². The minimum absolute atomic E-state index is 0. The first kappa shape index (κ1) is 46.3. The van der Waals surface area contributed by atoms with E-state index in [1.54, 1.807) is 24.3 Å². The zero-order valence-electron chi connectivity index (χ0n) is 31.5. The van der Waals surface area contributed by atoms with Gasteiger partial charge in [-0.15, -0.1) is 11.5 Å². The minimum atomic E-state index is -0.0428. The highest BCUT2D eigenvalue weighted by molar-refractivity contribution is 5.44. The van der Waals surface area contributed by atoms with Crippen molar-refractivity contribution in [2.75, 3.05) is 13.1 Å². The summed E-state index contributed by atoms with van der Waals surface area (Å²) in [6, 6.07) is 32.6. The van der Waals surface area contributed by atoms with Gasteiger partial charge in [0.1, 0.15) is 0 Å². The molecule has 0 bridgehead atoms. The Kier molecular flexibility index (Phi) is 20.6. The fourth-order valence-electron chi connectivity index (χ4n) is 7.09. The van der Waals surface area contributed by atoms with Gasteiger partial charge in [0.05, 0.1) is 13.2 Å². The van der Waals surface area contributed by atoms with E-state index >= 15 is 0 Å². The van der Waals surface area contributed by atoms with Gasteiger partial charge in [0.15, 0.2) is 0 Å². The van der Waals surface area contributed by atoms with Gasteiger partial charge in [-0.05, 0) is 115 Å². The first-order valence-electron chi connectivity index (χ1n) is 18.3. The molecule has 0 radical (unpaired) electrons. The lowest BCUT2D eigenvalue weighted by Gasteiger charge is -2.33. The number of nitrogens with zero attached hydrogens (tertiary/aromatic N) is 2. The van der Waals surface area contributed by atoms with E-state index in [-0.39, 0.29) is 51.4 Å². The van der Waals surface area contributed by atoms with Crippen LogP contribution in [0.15, 0.2) is 97.1 Å². The predicted molar refractivity (Wildman–Crippen MR) is 217 cm³/mol. The molecule has 0 spiro atoms. The maximum absolute atomic E-state index is 12.5. The molecule has 0 aromatic heterocycles. The Bertz CT molecular complexity index is 1410. The second-order valence-corrected chi connectivity index (χ2v) is 14.4. The quantitative estimate of drug-likeness (QED) is 0.120. The normalized spacial score (nSPS) is 12.5. The average molecular weight is 713 g/mol. The fraction of sp³-hybridized carbons (Fsp3) is 0.478. The van der Waals surface area contributed by atoms with E-state index in [2.05, 4.69) is 89.5 Å². The first-order valence-corrected chi connectivity index (χ1v) is 18.3. The molecule has 0 aliphatic rings. The Hall–Kier alpha value is -3.68. The SMILES string of the molecule is C.C.CC(C)N(CC[C@@H](c1ccccc1)c1cc(CO)ccc1[O-])C(C)C.CC(C)N(CC[C@H](c1ccccc1)c1cc(CO)ccc1[O-])C(C)C. The van der Waals surface area contributed by atoms with Crippen molar-refractivity contribution < 1.29 is 20.4 Å². The van der Waals surface area contributed by atoms with E-state index in [9.17, 15) is 20.4 Å². The molecule has 6 heteroatoms. The van der Waals surface area contributed by atoms with Crippen LogP contribution in [0, 0.1) is 0 Å². The Morgan fingerprint density at radius 3 is 1.06 bits per heavy atom. The van der Waals surface area contributed by atoms with Crippen molar-refractivity contribution in [2.24, 2.45) is 0 Å².